The predicted octanol–water partition coefficient (Wildman–Crippen LogP) is 5.16. The van der Waals surface area contributed by atoms with Gasteiger partial charge in [0.05, 0.1) is 7.11 Å². The number of rotatable bonds is 7. The number of benzene rings is 2. The molecule has 0 radical (unpaired) electrons. The van der Waals surface area contributed by atoms with Gasteiger partial charge in [0.25, 0.3) is 0 Å². The Morgan fingerprint density at radius 3 is 2.52 bits per heavy atom. The molecule has 132 valence electrons. The summed E-state index contributed by atoms with van der Waals surface area (Å²) in [7, 11) is 1.33. The van der Waals surface area contributed by atoms with Crippen molar-refractivity contribution in [2.75, 3.05) is 20.3 Å². The second-order valence-electron chi connectivity index (χ2n) is 5.16. The molecular formula is C19H18BrIO4. The topological polar surface area (TPSA) is 44.8 Å². The summed E-state index contributed by atoms with van der Waals surface area (Å²) in [5, 5.41) is 0. The minimum Gasteiger partial charge on any atom is -0.489 e. The van der Waals surface area contributed by atoms with Gasteiger partial charge in [-0.25, -0.2) is 4.79 Å². The van der Waals surface area contributed by atoms with Gasteiger partial charge in [-0.1, -0.05) is 28.1 Å². The van der Waals surface area contributed by atoms with E-state index in [0.29, 0.717) is 12.4 Å². The number of esters is 1. The molecule has 0 unspecified atom stereocenters. The van der Waals surface area contributed by atoms with Crippen LogP contribution in [0.4, 0.5) is 0 Å². The van der Waals surface area contributed by atoms with E-state index in [1.807, 2.05) is 37.3 Å². The van der Waals surface area contributed by atoms with Gasteiger partial charge in [0.1, 0.15) is 18.1 Å². The lowest BCUT2D eigenvalue weighted by molar-refractivity contribution is -0.142. The number of hydrogen-bond acceptors (Lipinski definition) is 4. The van der Waals surface area contributed by atoms with Gasteiger partial charge in [-0.3, -0.25) is 0 Å². The Balaban J connectivity index is 1.92. The van der Waals surface area contributed by atoms with Crippen LogP contribution >= 0.6 is 38.5 Å². The molecule has 0 heterocycles. The number of aryl methyl sites for hydroxylation is 1. The Morgan fingerprint density at radius 2 is 1.88 bits per heavy atom. The van der Waals surface area contributed by atoms with Crippen molar-refractivity contribution in [3.8, 4) is 11.5 Å². The maximum Gasteiger partial charge on any atom is 0.343 e. The van der Waals surface area contributed by atoms with Gasteiger partial charge < -0.3 is 14.2 Å². The van der Waals surface area contributed by atoms with Gasteiger partial charge in [-0.05, 0) is 77.0 Å². The normalized spacial score (nSPS) is 11.1. The Kier molecular flexibility index (Phi) is 7.77. The van der Waals surface area contributed by atoms with E-state index >= 15 is 0 Å². The molecule has 0 saturated carbocycles. The fourth-order valence-corrected chi connectivity index (χ4v) is 2.81. The van der Waals surface area contributed by atoms with Crippen LogP contribution in [-0.2, 0) is 9.53 Å². The molecule has 0 fully saturated rings. The summed E-state index contributed by atoms with van der Waals surface area (Å²) in [5.74, 6) is 0.976. The fourth-order valence-electron chi connectivity index (χ4n) is 2.01. The van der Waals surface area contributed by atoms with Crippen molar-refractivity contribution in [3.63, 3.8) is 0 Å². The zero-order chi connectivity index (χ0) is 18.2. The highest BCUT2D eigenvalue weighted by Gasteiger charge is 2.06. The number of ether oxygens (including phenoxy) is 3. The fraction of sp³-hybridized carbons (Fsp3) is 0.211. The van der Waals surface area contributed by atoms with E-state index in [2.05, 4.69) is 55.4 Å². The Hall–Kier alpha value is -1.54. The molecule has 0 aliphatic rings. The first-order valence-corrected chi connectivity index (χ1v) is 9.41. The van der Waals surface area contributed by atoms with Crippen LogP contribution in [0.3, 0.4) is 0 Å². The van der Waals surface area contributed by atoms with Crippen LogP contribution in [0.15, 0.2) is 53.0 Å². The summed E-state index contributed by atoms with van der Waals surface area (Å²) in [5.41, 5.74) is 2.04. The van der Waals surface area contributed by atoms with Crippen LogP contribution in [0.25, 0.3) is 3.58 Å². The van der Waals surface area contributed by atoms with Gasteiger partial charge >= 0.3 is 5.97 Å². The zero-order valence-corrected chi connectivity index (χ0v) is 17.7. The number of carbonyl (C=O) groups is 1. The van der Waals surface area contributed by atoms with E-state index in [1.165, 1.54) is 7.11 Å². The lowest BCUT2D eigenvalue weighted by atomic mass is 10.2. The van der Waals surface area contributed by atoms with Gasteiger partial charge in [0.15, 0.2) is 6.61 Å². The van der Waals surface area contributed by atoms with Crippen LogP contribution < -0.4 is 9.47 Å². The first kappa shape index (κ1) is 19.8. The van der Waals surface area contributed by atoms with Crippen LogP contribution in [0.2, 0.25) is 0 Å². The molecule has 2 rings (SSSR count). The molecule has 0 N–H and O–H groups in total. The highest BCUT2D eigenvalue weighted by molar-refractivity contribution is 14.1. The number of hydrogen-bond donors (Lipinski definition) is 0. The summed E-state index contributed by atoms with van der Waals surface area (Å²) in [6.07, 6.45) is 2.03. The molecule has 2 aromatic carbocycles. The third-order valence-electron chi connectivity index (χ3n) is 3.35. The van der Waals surface area contributed by atoms with E-state index in [4.69, 9.17) is 9.47 Å². The quantitative estimate of drug-likeness (QED) is 0.376. The van der Waals surface area contributed by atoms with Crippen molar-refractivity contribution >= 4 is 48.1 Å². The lowest BCUT2D eigenvalue weighted by Crippen LogP contribution is -2.13. The first-order chi connectivity index (χ1) is 12.0. The van der Waals surface area contributed by atoms with Crippen LogP contribution in [0.1, 0.15) is 11.1 Å². The maximum absolute atomic E-state index is 11.1. The van der Waals surface area contributed by atoms with E-state index < -0.39 is 5.97 Å². The molecule has 6 heteroatoms. The number of halogens is 2. The summed E-state index contributed by atoms with van der Waals surface area (Å²) in [6, 6.07) is 13.6. The smallest absolute Gasteiger partial charge is 0.343 e. The van der Waals surface area contributed by atoms with E-state index in [0.717, 1.165) is 24.9 Å². The summed E-state index contributed by atoms with van der Waals surface area (Å²) in [4.78, 5) is 11.1. The SMILES string of the molecule is COC(=O)COc1ccc(OC/C=C(\I)c2ccc(Br)cc2)cc1C. The molecular weight excluding hydrogens is 499 g/mol. The summed E-state index contributed by atoms with van der Waals surface area (Å²) >= 11 is 5.73. The Bertz CT molecular complexity index is 757. The number of methoxy groups -OCH3 is 1. The van der Waals surface area contributed by atoms with Gasteiger partial charge in [0, 0.05) is 8.05 Å². The number of carbonyl (C=O) groups excluding carboxylic acids is 1. The highest BCUT2D eigenvalue weighted by atomic mass is 127. The zero-order valence-electron chi connectivity index (χ0n) is 13.9. The molecule has 0 aromatic heterocycles. The van der Waals surface area contributed by atoms with E-state index in [9.17, 15) is 4.79 Å². The van der Waals surface area contributed by atoms with E-state index in [1.54, 1.807) is 6.07 Å². The third-order valence-corrected chi connectivity index (χ3v) is 4.94. The van der Waals surface area contributed by atoms with Crippen molar-refractivity contribution in [3.05, 3.63) is 64.1 Å². The van der Waals surface area contributed by atoms with Gasteiger partial charge in [0.2, 0.25) is 0 Å². The Labute approximate surface area is 169 Å². The van der Waals surface area contributed by atoms with Crippen LogP contribution in [0.5, 0.6) is 11.5 Å². The Morgan fingerprint density at radius 1 is 1.16 bits per heavy atom. The minimum absolute atomic E-state index is 0.105. The summed E-state index contributed by atoms with van der Waals surface area (Å²) < 4.78 is 17.9. The third kappa shape index (κ3) is 6.36. The molecule has 0 atom stereocenters. The van der Waals surface area contributed by atoms with Crippen molar-refractivity contribution in [2.24, 2.45) is 0 Å². The van der Waals surface area contributed by atoms with Gasteiger partial charge in [-0.15, -0.1) is 0 Å². The minimum atomic E-state index is -0.410. The molecule has 0 aliphatic heterocycles. The molecule has 25 heavy (non-hydrogen) atoms. The second kappa shape index (κ2) is 9.82. The molecule has 0 aliphatic carbocycles. The molecule has 2 aromatic rings. The lowest BCUT2D eigenvalue weighted by Gasteiger charge is -2.10. The average Bonchev–Trinajstić information content (AvgIpc) is 2.61. The molecule has 0 amide bonds. The molecule has 0 spiro atoms. The van der Waals surface area contributed by atoms with Crippen LogP contribution in [-0.4, -0.2) is 26.3 Å². The molecule has 4 nitrogen and oxygen atoms in total. The van der Waals surface area contributed by atoms with Crippen molar-refractivity contribution in [1.29, 1.82) is 0 Å². The predicted molar refractivity (Wildman–Crippen MR) is 110 cm³/mol. The monoisotopic (exact) mass is 516 g/mol. The highest BCUT2D eigenvalue weighted by Crippen LogP contribution is 2.25. The van der Waals surface area contributed by atoms with Crippen molar-refractivity contribution in [1.82, 2.24) is 0 Å². The van der Waals surface area contributed by atoms with Crippen LogP contribution in [0, 0.1) is 6.92 Å². The summed E-state index contributed by atoms with van der Waals surface area (Å²) in [6.45, 7) is 2.27. The van der Waals surface area contributed by atoms with Crippen molar-refractivity contribution in [2.45, 2.75) is 6.92 Å². The maximum atomic E-state index is 11.1. The van der Waals surface area contributed by atoms with E-state index in [-0.39, 0.29) is 6.61 Å². The van der Waals surface area contributed by atoms with Gasteiger partial charge in [-0.2, -0.15) is 0 Å². The molecule has 0 saturated heterocycles. The second-order valence-corrected chi connectivity index (χ2v) is 7.24. The molecule has 0 bridgehead atoms. The standard InChI is InChI=1S/C19H18BrIO4/c1-13-11-16(7-8-18(13)25-12-19(22)23-2)24-10-9-17(21)14-3-5-15(20)6-4-14/h3-9,11H,10,12H2,1-2H3/b17-9-. The van der Waals surface area contributed by atoms with Crippen molar-refractivity contribution < 1.29 is 19.0 Å². The average molecular weight is 517 g/mol. The first-order valence-electron chi connectivity index (χ1n) is 7.54. The largest absolute Gasteiger partial charge is 0.489 e.